The van der Waals surface area contributed by atoms with Crippen LogP contribution in [0.2, 0.25) is 13.1 Å². The van der Waals surface area contributed by atoms with E-state index in [-0.39, 0.29) is 55.2 Å². The van der Waals surface area contributed by atoms with E-state index >= 15 is 0 Å². The van der Waals surface area contributed by atoms with E-state index in [1.165, 1.54) is 12.8 Å². The Hall–Kier alpha value is 0.911. The van der Waals surface area contributed by atoms with Gasteiger partial charge in [-0.3, -0.25) is 0 Å². The summed E-state index contributed by atoms with van der Waals surface area (Å²) in [6.07, 6.45) is 7.14. The van der Waals surface area contributed by atoms with E-state index in [0.717, 1.165) is 0 Å². The zero-order chi connectivity index (χ0) is 16.5. The normalized spacial score (nSPS) is 17.5. The van der Waals surface area contributed by atoms with E-state index in [1.54, 1.807) is 9.07 Å². The van der Waals surface area contributed by atoms with Crippen LogP contribution in [0.1, 0.15) is 47.5 Å². The molecule has 0 aromatic heterocycles. The summed E-state index contributed by atoms with van der Waals surface area (Å²) >= 11 is -0.120. The quantitative estimate of drug-likeness (QED) is 0.524. The summed E-state index contributed by atoms with van der Waals surface area (Å²) in [7, 11) is 2.82. The molecule has 0 aromatic carbocycles. The van der Waals surface area contributed by atoms with Gasteiger partial charge in [-0.25, -0.2) is 0 Å². The molecular weight excluding hydrogens is 379 g/mol. The van der Waals surface area contributed by atoms with E-state index in [0.29, 0.717) is 0 Å². The van der Waals surface area contributed by atoms with Crippen LogP contribution in [0.25, 0.3) is 0 Å². The number of hydrogen-bond acceptors (Lipinski definition) is 2. The number of hydrogen-bond donors (Lipinski definition) is 1. The van der Waals surface area contributed by atoms with Gasteiger partial charge >= 0.3 is 143 Å². The largest absolute Gasteiger partial charge is 1.00 e. The Kier molecular flexibility index (Phi) is 10.9. The first kappa shape index (κ1) is 26.1. The van der Waals surface area contributed by atoms with Gasteiger partial charge in [-0.05, 0) is 0 Å². The molecule has 0 heterocycles. The van der Waals surface area contributed by atoms with Crippen molar-refractivity contribution in [3.8, 4) is 0 Å². The Labute approximate surface area is 167 Å². The van der Waals surface area contributed by atoms with Gasteiger partial charge < -0.3 is 24.8 Å². The molecule has 1 aliphatic rings. The number of nitrogens with one attached hydrogen (secondary N) is 1. The van der Waals surface area contributed by atoms with E-state index in [1.807, 2.05) is 0 Å². The Morgan fingerprint density at radius 2 is 1.70 bits per heavy atom. The van der Waals surface area contributed by atoms with Gasteiger partial charge in [-0.15, -0.1) is 0 Å². The summed E-state index contributed by atoms with van der Waals surface area (Å²) < 4.78 is 4.15. The average molecular weight is 413 g/mol. The van der Waals surface area contributed by atoms with E-state index in [9.17, 15) is 0 Å². The van der Waals surface area contributed by atoms with Gasteiger partial charge in [0.15, 0.2) is 0 Å². The van der Waals surface area contributed by atoms with Gasteiger partial charge in [0.05, 0.1) is 0 Å². The van der Waals surface area contributed by atoms with Gasteiger partial charge in [-0.2, -0.15) is 0 Å². The molecule has 1 rings (SSSR count). The smallest absolute Gasteiger partial charge is 1.00 e. The third-order valence-corrected chi connectivity index (χ3v) is 10.2. The topological polar surface area (TPSA) is 15.3 Å². The summed E-state index contributed by atoms with van der Waals surface area (Å²) in [6, 6.07) is 0. The third kappa shape index (κ3) is 6.62. The third-order valence-electron chi connectivity index (χ3n) is 4.91. The Morgan fingerprint density at radius 1 is 1.17 bits per heavy atom. The minimum absolute atomic E-state index is 0. The van der Waals surface area contributed by atoms with Gasteiger partial charge in [0.2, 0.25) is 0 Å². The molecule has 0 aromatic rings. The van der Waals surface area contributed by atoms with Gasteiger partial charge in [0.1, 0.15) is 0 Å². The van der Waals surface area contributed by atoms with Crippen LogP contribution in [0.4, 0.5) is 0 Å². The molecule has 1 unspecified atom stereocenters. The first-order valence-corrected chi connectivity index (χ1v) is 12.5. The van der Waals surface area contributed by atoms with Crippen molar-refractivity contribution in [2.45, 2.75) is 66.1 Å². The van der Waals surface area contributed by atoms with Crippen molar-refractivity contribution >= 4 is 8.24 Å². The zero-order valence-corrected chi connectivity index (χ0v) is 20.3. The van der Waals surface area contributed by atoms with Crippen molar-refractivity contribution in [3.05, 3.63) is 21.2 Å². The molecule has 6 heteroatoms. The fourth-order valence-corrected chi connectivity index (χ4v) is 9.67. The first-order chi connectivity index (χ1) is 9.43. The molecule has 23 heavy (non-hydrogen) atoms. The summed E-state index contributed by atoms with van der Waals surface area (Å²) in [6.45, 7) is 16.8. The Bertz CT molecular complexity index is 442. The molecule has 0 fully saturated rings. The molecule has 1 atom stereocenters. The zero-order valence-electron chi connectivity index (χ0n) is 16.3. The monoisotopic (exact) mass is 412 g/mol. The molecule has 0 saturated carbocycles. The van der Waals surface area contributed by atoms with Crippen LogP contribution in [0.3, 0.4) is 0 Å². The Balaban J connectivity index is 0. The minimum atomic E-state index is -1.62. The molecule has 0 amide bonds. The molecular formula is C17H34Cl2N2SiTi. The maximum absolute atomic E-state index is 4.14. The molecule has 0 saturated heterocycles. The fourth-order valence-electron chi connectivity index (χ4n) is 3.03. The maximum Gasteiger partial charge on any atom is -1.00 e. The molecule has 0 aliphatic heterocycles. The van der Waals surface area contributed by atoms with Crippen molar-refractivity contribution in [2.75, 3.05) is 14.1 Å². The van der Waals surface area contributed by atoms with Crippen LogP contribution in [-0.2, 0) is 19.4 Å². The van der Waals surface area contributed by atoms with Crippen molar-refractivity contribution in [1.29, 1.82) is 0 Å². The molecule has 1 aliphatic carbocycles. The number of rotatable bonds is 6. The Morgan fingerprint density at radius 3 is 2.09 bits per heavy atom. The van der Waals surface area contributed by atoms with Crippen LogP contribution in [0, 0.1) is 5.41 Å². The fraction of sp³-hybridized carbons (Fsp3) is 0.765. The van der Waals surface area contributed by atoms with Crippen LogP contribution in [0.15, 0.2) is 21.2 Å². The number of allylic oxidation sites excluding steroid dienone is 4. The molecule has 2 nitrogen and oxygen atoms in total. The van der Waals surface area contributed by atoms with E-state index < -0.39 is 8.24 Å². The van der Waals surface area contributed by atoms with Crippen LogP contribution >= 0.6 is 0 Å². The number of halogens is 2. The molecule has 0 spiro atoms. The predicted octanol–water partition coefficient (Wildman–Crippen LogP) is -1.68. The molecule has 134 valence electrons. The van der Waals surface area contributed by atoms with Crippen molar-refractivity contribution in [1.82, 2.24) is 8.36 Å². The standard InChI is InChI=1S/C15H28NSi.C2H6N.2ClH.Ti/c1-8-15(5,14(2,3)4)16-17(6,7)13-11-9-10-12-13;1-3-2;;;/h9,11,16H,8,10H2,1-7H3;1-2H3;2*1H;/q;-1;;;+3/p-2. The molecule has 0 bridgehead atoms. The second kappa shape index (κ2) is 9.57. The average Bonchev–Trinajstić information content (AvgIpc) is 2.74. The summed E-state index contributed by atoms with van der Waals surface area (Å²) in [5, 5.41) is 1.67. The van der Waals surface area contributed by atoms with Gasteiger partial charge in [0.25, 0.3) is 0 Å². The van der Waals surface area contributed by atoms with Crippen LogP contribution in [-0.4, -0.2) is 31.3 Å². The summed E-state index contributed by atoms with van der Waals surface area (Å²) in [5.41, 5.74) is 0.461. The first-order valence-electron chi connectivity index (χ1n) is 8.06. The van der Waals surface area contributed by atoms with E-state index in [4.69, 9.17) is 0 Å². The van der Waals surface area contributed by atoms with Crippen LogP contribution in [0.5, 0.6) is 0 Å². The SMILES string of the molecule is CCC(C)(N[Si](C)(C)C1=[C]([Ti+2][N](C)C)CC=C1)C(C)(C)C.[Cl-].[Cl-]. The maximum atomic E-state index is 4.14. The number of nitrogens with zero attached hydrogens (tertiary/aromatic N) is 1. The molecule has 0 radical (unpaired) electrons. The van der Waals surface area contributed by atoms with Crippen molar-refractivity contribution < 1.29 is 44.2 Å². The van der Waals surface area contributed by atoms with Crippen molar-refractivity contribution in [2.24, 2.45) is 5.41 Å². The molecule has 1 N–H and O–H groups in total. The van der Waals surface area contributed by atoms with E-state index in [2.05, 4.69) is 82.3 Å². The van der Waals surface area contributed by atoms with Gasteiger partial charge in [0, 0.05) is 0 Å². The van der Waals surface area contributed by atoms with Crippen LogP contribution < -0.4 is 29.8 Å². The predicted molar refractivity (Wildman–Crippen MR) is 93.2 cm³/mol. The summed E-state index contributed by atoms with van der Waals surface area (Å²) in [5.74, 6) is 0. The summed E-state index contributed by atoms with van der Waals surface area (Å²) in [4.78, 5) is 4.14. The minimum Gasteiger partial charge on any atom is -1.00 e. The second-order valence-electron chi connectivity index (χ2n) is 8.19. The van der Waals surface area contributed by atoms with Gasteiger partial charge in [-0.1, -0.05) is 0 Å². The van der Waals surface area contributed by atoms with Crippen molar-refractivity contribution in [3.63, 3.8) is 0 Å². The second-order valence-corrected chi connectivity index (χ2v) is 14.9.